The van der Waals surface area contributed by atoms with E-state index in [0.717, 1.165) is 19.3 Å². The predicted molar refractivity (Wildman–Crippen MR) is 74.4 cm³/mol. The molecule has 19 heavy (non-hydrogen) atoms. The first kappa shape index (κ1) is 11.5. The maximum Gasteiger partial charge on any atom is 0.223 e. The van der Waals surface area contributed by atoms with Crippen LogP contribution in [-0.4, -0.2) is 5.91 Å². The van der Waals surface area contributed by atoms with Crippen molar-refractivity contribution in [1.29, 1.82) is 0 Å². The molecule has 1 aromatic carbocycles. The molecule has 4 unspecified atom stereocenters. The molecule has 5 rings (SSSR count). The SMILES string of the molecule is CC12CC3CC(C(N)=O)(C1)CC3(c1ccccc1)C2. The fourth-order valence-electron chi connectivity index (χ4n) is 5.96. The number of rotatable bonds is 2. The van der Waals surface area contributed by atoms with Crippen molar-refractivity contribution in [3.63, 3.8) is 0 Å². The molecule has 4 saturated carbocycles. The van der Waals surface area contributed by atoms with E-state index in [0.29, 0.717) is 11.3 Å². The molecular weight excluding hydrogens is 234 g/mol. The van der Waals surface area contributed by atoms with Gasteiger partial charge in [-0.2, -0.15) is 0 Å². The van der Waals surface area contributed by atoms with Crippen LogP contribution in [0.1, 0.15) is 44.6 Å². The van der Waals surface area contributed by atoms with Gasteiger partial charge in [0.2, 0.25) is 5.91 Å². The Kier molecular flexibility index (Phi) is 1.95. The van der Waals surface area contributed by atoms with Crippen molar-refractivity contribution in [3.8, 4) is 0 Å². The summed E-state index contributed by atoms with van der Waals surface area (Å²) in [6, 6.07) is 10.8. The van der Waals surface area contributed by atoms with Gasteiger partial charge in [0.25, 0.3) is 0 Å². The van der Waals surface area contributed by atoms with Gasteiger partial charge in [-0.15, -0.1) is 0 Å². The van der Waals surface area contributed by atoms with Gasteiger partial charge in [-0.05, 0) is 54.4 Å². The molecule has 4 fully saturated rings. The number of hydrogen-bond donors (Lipinski definition) is 1. The van der Waals surface area contributed by atoms with Gasteiger partial charge < -0.3 is 5.73 Å². The van der Waals surface area contributed by atoms with E-state index in [9.17, 15) is 4.79 Å². The molecule has 4 bridgehead atoms. The van der Waals surface area contributed by atoms with Crippen LogP contribution in [0, 0.1) is 16.7 Å². The van der Waals surface area contributed by atoms with Crippen molar-refractivity contribution in [1.82, 2.24) is 0 Å². The first-order valence-corrected chi connectivity index (χ1v) is 7.34. The quantitative estimate of drug-likeness (QED) is 0.867. The first-order valence-electron chi connectivity index (χ1n) is 7.34. The van der Waals surface area contributed by atoms with Gasteiger partial charge >= 0.3 is 0 Å². The molecule has 0 saturated heterocycles. The monoisotopic (exact) mass is 255 g/mol. The van der Waals surface area contributed by atoms with E-state index in [2.05, 4.69) is 37.3 Å². The third kappa shape index (κ3) is 1.30. The summed E-state index contributed by atoms with van der Waals surface area (Å²) in [4.78, 5) is 12.0. The summed E-state index contributed by atoms with van der Waals surface area (Å²) in [6.07, 6.45) is 5.54. The maximum absolute atomic E-state index is 12.0. The lowest BCUT2D eigenvalue weighted by Gasteiger charge is -2.44. The molecule has 0 radical (unpaired) electrons. The lowest BCUT2D eigenvalue weighted by atomic mass is 9.59. The summed E-state index contributed by atoms with van der Waals surface area (Å²) in [5.41, 5.74) is 7.55. The van der Waals surface area contributed by atoms with E-state index < -0.39 is 0 Å². The van der Waals surface area contributed by atoms with Gasteiger partial charge in [0.15, 0.2) is 0 Å². The number of carbonyl (C=O) groups is 1. The van der Waals surface area contributed by atoms with E-state index in [1.165, 1.54) is 18.4 Å². The highest BCUT2D eigenvalue weighted by molar-refractivity contribution is 5.82. The zero-order valence-electron chi connectivity index (χ0n) is 11.5. The number of nitrogens with two attached hydrogens (primary N) is 1. The largest absolute Gasteiger partial charge is 0.369 e. The fourth-order valence-corrected chi connectivity index (χ4v) is 5.96. The zero-order chi connectivity index (χ0) is 13.3. The molecule has 4 aliphatic carbocycles. The predicted octanol–water partition coefficient (Wildman–Crippen LogP) is 3.01. The molecule has 100 valence electrons. The molecular formula is C17H21NO. The fraction of sp³-hybridized carbons (Fsp3) is 0.588. The lowest BCUT2D eigenvalue weighted by Crippen LogP contribution is -2.45. The Labute approximate surface area is 114 Å². The maximum atomic E-state index is 12.0. The molecule has 4 atom stereocenters. The van der Waals surface area contributed by atoms with Gasteiger partial charge in [-0.1, -0.05) is 37.3 Å². The van der Waals surface area contributed by atoms with E-state index >= 15 is 0 Å². The Morgan fingerprint density at radius 2 is 1.89 bits per heavy atom. The second-order valence-corrected chi connectivity index (χ2v) is 7.61. The minimum atomic E-state index is -0.217. The number of amides is 1. The van der Waals surface area contributed by atoms with Crippen molar-refractivity contribution < 1.29 is 4.79 Å². The van der Waals surface area contributed by atoms with Gasteiger partial charge in [-0.3, -0.25) is 4.79 Å². The van der Waals surface area contributed by atoms with Crippen LogP contribution in [0.4, 0.5) is 0 Å². The summed E-state index contributed by atoms with van der Waals surface area (Å²) >= 11 is 0. The molecule has 4 aliphatic rings. The summed E-state index contributed by atoms with van der Waals surface area (Å²) in [6.45, 7) is 2.36. The van der Waals surface area contributed by atoms with Gasteiger partial charge in [0.05, 0.1) is 5.41 Å². The second kappa shape index (κ2) is 3.23. The number of carbonyl (C=O) groups excluding carboxylic acids is 1. The van der Waals surface area contributed by atoms with Gasteiger partial charge in [-0.25, -0.2) is 0 Å². The first-order chi connectivity index (χ1) is 8.98. The van der Waals surface area contributed by atoms with E-state index in [4.69, 9.17) is 5.73 Å². The molecule has 0 heterocycles. The molecule has 0 spiro atoms. The van der Waals surface area contributed by atoms with Crippen molar-refractivity contribution in [2.75, 3.05) is 0 Å². The van der Waals surface area contributed by atoms with Crippen molar-refractivity contribution in [3.05, 3.63) is 35.9 Å². The molecule has 2 heteroatoms. The Morgan fingerprint density at radius 1 is 1.16 bits per heavy atom. The van der Waals surface area contributed by atoms with Crippen LogP contribution >= 0.6 is 0 Å². The Bertz CT molecular complexity index is 554. The van der Waals surface area contributed by atoms with Crippen LogP contribution in [-0.2, 0) is 10.2 Å². The van der Waals surface area contributed by atoms with Gasteiger partial charge in [0.1, 0.15) is 0 Å². The van der Waals surface area contributed by atoms with Crippen LogP contribution < -0.4 is 5.73 Å². The summed E-state index contributed by atoms with van der Waals surface area (Å²) in [5.74, 6) is 0.599. The van der Waals surface area contributed by atoms with E-state index in [1.807, 2.05) is 0 Å². The third-order valence-corrected chi connectivity index (χ3v) is 6.19. The van der Waals surface area contributed by atoms with Gasteiger partial charge in [0, 0.05) is 0 Å². The molecule has 0 aromatic heterocycles. The highest BCUT2D eigenvalue weighted by Crippen LogP contribution is 2.74. The zero-order valence-corrected chi connectivity index (χ0v) is 11.5. The summed E-state index contributed by atoms with van der Waals surface area (Å²) in [7, 11) is 0. The van der Waals surface area contributed by atoms with Crippen molar-refractivity contribution >= 4 is 5.91 Å². The average molecular weight is 255 g/mol. The Balaban J connectivity index is 1.86. The van der Waals surface area contributed by atoms with E-state index in [1.54, 1.807) is 0 Å². The minimum absolute atomic E-state index is 0.0547. The highest BCUT2D eigenvalue weighted by Gasteiger charge is 2.69. The number of benzene rings is 1. The standard InChI is InChI=1S/C17H21NO/c1-15-7-13-8-16(9-15,14(18)19)11-17(13,10-15)12-5-3-2-4-6-12/h2-6,13H,7-11H2,1H3,(H2,18,19). The van der Waals surface area contributed by atoms with Crippen molar-refractivity contribution in [2.45, 2.75) is 44.4 Å². The lowest BCUT2D eigenvalue weighted by molar-refractivity contribution is -0.132. The normalized spacial score (nSPS) is 46.7. The molecule has 1 aromatic rings. The molecule has 2 N–H and O–H groups in total. The summed E-state index contributed by atoms with van der Waals surface area (Å²) in [5, 5.41) is 0. The van der Waals surface area contributed by atoms with E-state index in [-0.39, 0.29) is 16.7 Å². The second-order valence-electron chi connectivity index (χ2n) is 7.61. The van der Waals surface area contributed by atoms with Crippen LogP contribution in [0.15, 0.2) is 30.3 Å². The van der Waals surface area contributed by atoms with Crippen LogP contribution in [0.3, 0.4) is 0 Å². The van der Waals surface area contributed by atoms with Crippen LogP contribution in [0.2, 0.25) is 0 Å². The Hall–Kier alpha value is -1.31. The third-order valence-electron chi connectivity index (χ3n) is 6.19. The molecule has 0 aliphatic heterocycles. The van der Waals surface area contributed by atoms with Crippen LogP contribution in [0.25, 0.3) is 0 Å². The average Bonchev–Trinajstić information content (AvgIpc) is 2.72. The van der Waals surface area contributed by atoms with Crippen LogP contribution in [0.5, 0.6) is 0 Å². The summed E-state index contributed by atoms with van der Waals surface area (Å²) < 4.78 is 0. The molecule has 2 nitrogen and oxygen atoms in total. The smallest absolute Gasteiger partial charge is 0.223 e. The number of hydrogen-bond acceptors (Lipinski definition) is 1. The number of primary amides is 1. The Morgan fingerprint density at radius 3 is 2.58 bits per heavy atom. The topological polar surface area (TPSA) is 43.1 Å². The highest BCUT2D eigenvalue weighted by atomic mass is 16.1. The molecule has 1 amide bonds. The minimum Gasteiger partial charge on any atom is -0.369 e. The van der Waals surface area contributed by atoms with Crippen molar-refractivity contribution in [2.24, 2.45) is 22.5 Å².